The molecule has 0 saturated carbocycles. The Balaban J connectivity index is 1.93. The summed E-state index contributed by atoms with van der Waals surface area (Å²) in [4.78, 5) is 11.4. The molecule has 0 aromatic heterocycles. The molecule has 1 aromatic rings. The molecule has 1 aliphatic rings. The molecule has 1 amide bonds. The smallest absolute Gasteiger partial charge is 0.219 e. The van der Waals surface area contributed by atoms with Crippen LogP contribution < -0.4 is 5.32 Å². The number of hydrogen-bond donors (Lipinski definition) is 1. The van der Waals surface area contributed by atoms with Gasteiger partial charge >= 0.3 is 0 Å². The third kappa shape index (κ3) is 4.55. The molecule has 22 heavy (non-hydrogen) atoms. The van der Waals surface area contributed by atoms with E-state index in [0.29, 0.717) is 32.4 Å². The van der Waals surface area contributed by atoms with E-state index in [-0.39, 0.29) is 17.7 Å². The number of nitrogens with one attached hydrogen (secondary N) is 1. The second-order valence-electron chi connectivity index (χ2n) is 5.84. The molecular weight excluding hydrogens is 300 g/mol. The third-order valence-electron chi connectivity index (χ3n) is 3.97. The molecule has 1 saturated heterocycles. The van der Waals surface area contributed by atoms with Gasteiger partial charge in [0.05, 0.1) is 5.75 Å². The Hall–Kier alpha value is -1.40. The zero-order chi connectivity index (χ0) is 16.2. The molecule has 0 atom stereocenters. The van der Waals surface area contributed by atoms with Crippen molar-refractivity contribution in [1.82, 2.24) is 9.62 Å². The molecule has 0 unspecified atom stereocenters. The van der Waals surface area contributed by atoms with Crippen molar-refractivity contribution < 1.29 is 13.2 Å². The van der Waals surface area contributed by atoms with E-state index < -0.39 is 10.0 Å². The van der Waals surface area contributed by atoms with Crippen LogP contribution >= 0.6 is 0 Å². The summed E-state index contributed by atoms with van der Waals surface area (Å²) in [5, 5.41) is 2.94. The number of hydrogen-bond acceptors (Lipinski definition) is 3. The molecule has 0 bridgehead atoms. The van der Waals surface area contributed by atoms with Gasteiger partial charge in [-0.2, -0.15) is 0 Å². The van der Waals surface area contributed by atoms with E-state index in [1.165, 1.54) is 0 Å². The molecule has 0 radical (unpaired) electrons. The van der Waals surface area contributed by atoms with E-state index in [1.807, 2.05) is 38.1 Å². The summed E-state index contributed by atoms with van der Waals surface area (Å²) >= 11 is 0. The lowest BCUT2D eigenvalue weighted by atomic mass is 10.1. The van der Waals surface area contributed by atoms with Crippen molar-refractivity contribution in [1.29, 1.82) is 0 Å². The lowest BCUT2D eigenvalue weighted by Crippen LogP contribution is -2.46. The van der Waals surface area contributed by atoms with Gasteiger partial charge in [-0.25, -0.2) is 12.7 Å². The second kappa shape index (κ2) is 7.24. The van der Waals surface area contributed by atoms with Gasteiger partial charge < -0.3 is 5.32 Å². The van der Waals surface area contributed by atoms with Crippen LogP contribution in [0.5, 0.6) is 0 Å². The Labute approximate surface area is 132 Å². The first-order valence-corrected chi connectivity index (χ1v) is 9.34. The minimum absolute atomic E-state index is 0.0288. The molecule has 0 aliphatic carbocycles. The summed E-state index contributed by atoms with van der Waals surface area (Å²) in [5.41, 5.74) is 1.88. The highest BCUT2D eigenvalue weighted by Crippen LogP contribution is 2.18. The summed E-state index contributed by atoms with van der Waals surface area (Å²) in [6.45, 7) is 4.72. The van der Waals surface area contributed by atoms with Gasteiger partial charge in [0.1, 0.15) is 0 Å². The van der Waals surface area contributed by atoms with E-state index in [0.717, 1.165) is 11.1 Å². The van der Waals surface area contributed by atoms with Gasteiger partial charge in [0.2, 0.25) is 15.9 Å². The molecule has 1 aromatic carbocycles. The van der Waals surface area contributed by atoms with E-state index in [2.05, 4.69) is 5.32 Å². The zero-order valence-electron chi connectivity index (χ0n) is 13.2. The highest BCUT2D eigenvalue weighted by atomic mass is 32.2. The molecule has 122 valence electrons. The number of amides is 1. The third-order valence-corrected chi connectivity index (χ3v) is 5.82. The summed E-state index contributed by atoms with van der Waals surface area (Å²) in [6.07, 6.45) is 1.82. The van der Waals surface area contributed by atoms with Gasteiger partial charge in [-0.3, -0.25) is 4.79 Å². The molecule has 5 nitrogen and oxygen atoms in total. The first-order chi connectivity index (χ1) is 10.4. The summed E-state index contributed by atoms with van der Waals surface area (Å²) in [6, 6.07) is 7.69. The number of carbonyl (C=O) groups is 1. The average Bonchev–Trinajstić information content (AvgIpc) is 2.47. The number of carbonyl (C=O) groups excluding carboxylic acids is 1. The van der Waals surface area contributed by atoms with Gasteiger partial charge in [-0.15, -0.1) is 0 Å². The van der Waals surface area contributed by atoms with Gasteiger partial charge in [-0.05, 0) is 25.3 Å². The SMILES string of the molecule is CCC(=O)NC1CCN(S(=O)(=O)Cc2cccc(C)c2)CC1. The Morgan fingerprint density at radius 2 is 2.00 bits per heavy atom. The number of sulfonamides is 1. The second-order valence-corrected chi connectivity index (χ2v) is 7.81. The molecule has 1 fully saturated rings. The lowest BCUT2D eigenvalue weighted by molar-refractivity contribution is -0.121. The molecule has 0 spiro atoms. The first-order valence-electron chi connectivity index (χ1n) is 7.73. The largest absolute Gasteiger partial charge is 0.353 e. The Bertz CT molecular complexity index is 620. The van der Waals surface area contributed by atoms with Crippen molar-refractivity contribution >= 4 is 15.9 Å². The maximum atomic E-state index is 12.5. The molecule has 1 heterocycles. The van der Waals surface area contributed by atoms with Crippen LogP contribution in [-0.2, 0) is 20.6 Å². The fourth-order valence-electron chi connectivity index (χ4n) is 2.71. The molecule has 1 aliphatic heterocycles. The van der Waals surface area contributed by atoms with Crippen molar-refractivity contribution in [3.8, 4) is 0 Å². The van der Waals surface area contributed by atoms with Crippen LogP contribution in [0, 0.1) is 6.92 Å². The number of aryl methyl sites for hydroxylation is 1. The highest BCUT2D eigenvalue weighted by molar-refractivity contribution is 7.88. The van der Waals surface area contributed by atoms with Crippen molar-refractivity contribution in [2.45, 2.75) is 44.9 Å². The fourth-order valence-corrected chi connectivity index (χ4v) is 4.26. The molecule has 1 N–H and O–H groups in total. The van der Waals surface area contributed by atoms with Gasteiger partial charge in [-0.1, -0.05) is 36.8 Å². The van der Waals surface area contributed by atoms with Crippen LogP contribution in [0.3, 0.4) is 0 Å². The summed E-state index contributed by atoms with van der Waals surface area (Å²) in [7, 11) is -3.29. The topological polar surface area (TPSA) is 66.5 Å². The number of nitrogens with zero attached hydrogens (tertiary/aromatic N) is 1. The van der Waals surface area contributed by atoms with E-state index in [1.54, 1.807) is 4.31 Å². The Kier molecular flexibility index (Phi) is 5.58. The minimum Gasteiger partial charge on any atom is -0.353 e. The van der Waals surface area contributed by atoms with Gasteiger partial charge in [0.15, 0.2) is 0 Å². The van der Waals surface area contributed by atoms with Crippen LogP contribution in [0.4, 0.5) is 0 Å². The number of piperidine rings is 1. The quantitative estimate of drug-likeness (QED) is 0.898. The summed E-state index contributed by atoms with van der Waals surface area (Å²) in [5.74, 6) is 0.0711. The predicted octanol–water partition coefficient (Wildman–Crippen LogP) is 1.82. The van der Waals surface area contributed by atoms with E-state index in [9.17, 15) is 13.2 Å². The van der Waals surface area contributed by atoms with E-state index in [4.69, 9.17) is 0 Å². The average molecular weight is 324 g/mol. The van der Waals surface area contributed by atoms with Crippen LogP contribution in [0.1, 0.15) is 37.3 Å². The first kappa shape index (κ1) is 17.0. The minimum atomic E-state index is -3.29. The standard InChI is InChI=1S/C16H24N2O3S/c1-3-16(19)17-15-7-9-18(10-8-15)22(20,21)12-14-6-4-5-13(2)11-14/h4-6,11,15H,3,7-10,12H2,1-2H3,(H,17,19). The highest BCUT2D eigenvalue weighted by Gasteiger charge is 2.28. The molecule has 2 rings (SSSR count). The number of benzene rings is 1. The van der Waals surface area contributed by atoms with Crippen molar-refractivity contribution in [3.63, 3.8) is 0 Å². The van der Waals surface area contributed by atoms with Crippen LogP contribution in [0.15, 0.2) is 24.3 Å². The fraction of sp³-hybridized carbons (Fsp3) is 0.562. The van der Waals surface area contributed by atoms with Crippen LogP contribution in [-0.4, -0.2) is 37.8 Å². The maximum Gasteiger partial charge on any atom is 0.219 e. The van der Waals surface area contributed by atoms with Gasteiger partial charge in [0.25, 0.3) is 0 Å². The van der Waals surface area contributed by atoms with Crippen molar-refractivity contribution in [2.75, 3.05) is 13.1 Å². The van der Waals surface area contributed by atoms with Crippen LogP contribution in [0.25, 0.3) is 0 Å². The lowest BCUT2D eigenvalue weighted by Gasteiger charge is -2.31. The predicted molar refractivity (Wildman–Crippen MR) is 86.8 cm³/mol. The monoisotopic (exact) mass is 324 g/mol. The van der Waals surface area contributed by atoms with Gasteiger partial charge in [0, 0.05) is 25.6 Å². The number of rotatable bonds is 5. The normalized spacial score (nSPS) is 17.4. The Morgan fingerprint density at radius 1 is 1.32 bits per heavy atom. The van der Waals surface area contributed by atoms with E-state index >= 15 is 0 Å². The Morgan fingerprint density at radius 3 is 2.59 bits per heavy atom. The maximum absolute atomic E-state index is 12.5. The summed E-state index contributed by atoms with van der Waals surface area (Å²) < 4.78 is 26.5. The zero-order valence-corrected chi connectivity index (χ0v) is 14.0. The molecule has 6 heteroatoms. The van der Waals surface area contributed by atoms with Crippen molar-refractivity contribution in [2.24, 2.45) is 0 Å². The van der Waals surface area contributed by atoms with Crippen LogP contribution in [0.2, 0.25) is 0 Å². The molecular formula is C16H24N2O3S. The van der Waals surface area contributed by atoms with Crippen molar-refractivity contribution in [3.05, 3.63) is 35.4 Å².